The van der Waals surface area contributed by atoms with Crippen LogP contribution in [0, 0.1) is 5.92 Å². The average molecular weight is 295 g/mol. The molecule has 21 heavy (non-hydrogen) atoms. The van der Waals surface area contributed by atoms with Gasteiger partial charge >= 0.3 is 0 Å². The predicted octanol–water partition coefficient (Wildman–Crippen LogP) is 1.91. The Morgan fingerprint density at radius 3 is 2.81 bits per heavy atom. The predicted molar refractivity (Wildman–Crippen MR) is 76.6 cm³/mol. The SMILES string of the molecule is COC(c1noc(C2(O)CCCNC2)n1)C1CCCCC1. The van der Waals surface area contributed by atoms with E-state index in [4.69, 9.17) is 9.26 Å². The lowest BCUT2D eigenvalue weighted by molar-refractivity contribution is -0.0167. The van der Waals surface area contributed by atoms with Crippen LogP contribution >= 0.6 is 0 Å². The third kappa shape index (κ3) is 3.12. The zero-order chi connectivity index (χ0) is 14.7. The second-order valence-corrected chi connectivity index (χ2v) is 6.32. The van der Waals surface area contributed by atoms with E-state index in [1.165, 1.54) is 19.3 Å². The van der Waals surface area contributed by atoms with Crippen molar-refractivity contribution >= 4 is 0 Å². The fourth-order valence-corrected chi connectivity index (χ4v) is 3.56. The molecule has 1 aliphatic carbocycles. The zero-order valence-corrected chi connectivity index (χ0v) is 12.7. The van der Waals surface area contributed by atoms with Crippen molar-refractivity contribution in [2.75, 3.05) is 20.2 Å². The standard InChI is InChI=1S/C15H25N3O3/c1-20-12(11-6-3-2-4-7-11)13-17-14(21-18-13)15(19)8-5-9-16-10-15/h11-12,16,19H,2-10H2,1H3. The van der Waals surface area contributed by atoms with Gasteiger partial charge in [0, 0.05) is 13.7 Å². The number of aliphatic hydroxyl groups is 1. The summed E-state index contributed by atoms with van der Waals surface area (Å²) >= 11 is 0. The molecule has 1 saturated carbocycles. The smallest absolute Gasteiger partial charge is 0.260 e. The molecule has 118 valence electrons. The molecule has 6 heteroatoms. The highest BCUT2D eigenvalue weighted by molar-refractivity contribution is 5.04. The molecule has 1 aromatic heterocycles. The molecule has 0 amide bonds. The summed E-state index contributed by atoms with van der Waals surface area (Å²) in [6.07, 6.45) is 7.51. The molecule has 2 heterocycles. The molecule has 0 radical (unpaired) electrons. The monoisotopic (exact) mass is 295 g/mol. The highest BCUT2D eigenvalue weighted by atomic mass is 16.5. The van der Waals surface area contributed by atoms with Crippen LogP contribution in [0.3, 0.4) is 0 Å². The van der Waals surface area contributed by atoms with Gasteiger partial charge < -0.3 is 19.7 Å². The fourth-order valence-electron chi connectivity index (χ4n) is 3.56. The van der Waals surface area contributed by atoms with Crippen molar-refractivity contribution in [3.05, 3.63) is 11.7 Å². The number of aromatic nitrogens is 2. The number of methoxy groups -OCH3 is 1. The van der Waals surface area contributed by atoms with E-state index in [0.717, 1.165) is 25.8 Å². The molecule has 0 bridgehead atoms. The zero-order valence-electron chi connectivity index (χ0n) is 12.7. The van der Waals surface area contributed by atoms with E-state index >= 15 is 0 Å². The van der Waals surface area contributed by atoms with E-state index in [-0.39, 0.29) is 6.10 Å². The number of hydrogen-bond acceptors (Lipinski definition) is 6. The van der Waals surface area contributed by atoms with Crippen molar-refractivity contribution in [2.24, 2.45) is 5.92 Å². The summed E-state index contributed by atoms with van der Waals surface area (Å²) in [7, 11) is 1.70. The first kappa shape index (κ1) is 14.9. The van der Waals surface area contributed by atoms with Crippen molar-refractivity contribution in [2.45, 2.75) is 56.7 Å². The lowest BCUT2D eigenvalue weighted by Gasteiger charge is -2.29. The van der Waals surface area contributed by atoms with Gasteiger partial charge in [0.2, 0.25) is 5.82 Å². The van der Waals surface area contributed by atoms with Crippen molar-refractivity contribution < 1.29 is 14.4 Å². The summed E-state index contributed by atoms with van der Waals surface area (Å²) in [4.78, 5) is 4.46. The van der Waals surface area contributed by atoms with Crippen LogP contribution in [0.1, 0.15) is 62.8 Å². The minimum absolute atomic E-state index is 0.122. The van der Waals surface area contributed by atoms with Crippen LogP contribution in [0.25, 0.3) is 0 Å². The van der Waals surface area contributed by atoms with Crippen LogP contribution < -0.4 is 5.32 Å². The molecule has 3 rings (SSSR count). The van der Waals surface area contributed by atoms with Gasteiger partial charge in [0.15, 0.2) is 5.60 Å². The first-order valence-corrected chi connectivity index (χ1v) is 8.03. The Bertz CT molecular complexity index is 451. The minimum atomic E-state index is -1.03. The number of ether oxygens (including phenoxy) is 1. The summed E-state index contributed by atoms with van der Waals surface area (Å²) in [6.45, 7) is 1.39. The summed E-state index contributed by atoms with van der Waals surface area (Å²) in [5.74, 6) is 1.36. The average Bonchev–Trinajstić information content (AvgIpc) is 3.00. The summed E-state index contributed by atoms with van der Waals surface area (Å²) < 4.78 is 11.0. The van der Waals surface area contributed by atoms with Gasteiger partial charge in [0.05, 0.1) is 0 Å². The molecule has 2 aliphatic rings. The van der Waals surface area contributed by atoms with Crippen LogP contribution in [0.5, 0.6) is 0 Å². The third-order valence-corrected chi connectivity index (χ3v) is 4.79. The van der Waals surface area contributed by atoms with Gasteiger partial charge in [-0.3, -0.25) is 0 Å². The van der Waals surface area contributed by atoms with Gasteiger partial charge in [-0.25, -0.2) is 0 Å². The van der Waals surface area contributed by atoms with Gasteiger partial charge in [-0.05, 0) is 38.1 Å². The van der Waals surface area contributed by atoms with E-state index < -0.39 is 5.60 Å². The van der Waals surface area contributed by atoms with Gasteiger partial charge in [0.1, 0.15) is 6.10 Å². The molecule has 2 fully saturated rings. The maximum absolute atomic E-state index is 10.6. The Balaban J connectivity index is 1.76. The lowest BCUT2D eigenvalue weighted by Crippen LogP contribution is -2.43. The largest absolute Gasteiger partial charge is 0.379 e. The van der Waals surface area contributed by atoms with Crippen LogP contribution in [0.4, 0.5) is 0 Å². The Morgan fingerprint density at radius 2 is 2.14 bits per heavy atom. The van der Waals surface area contributed by atoms with Gasteiger partial charge in [-0.15, -0.1) is 0 Å². The topological polar surface area (TPSA) is 80.4 Å². The van der Waals surface area contributed by atoms with Crippen LogP contribution in [-0.2, 0) is 10.3 Å². The van der Waals surface area contributed by atoms with Gasteiger partial charge in [0.25, 0.3) is 5.89 Å². The molecule has 2 N–H and O–H groups in total. The van der Waals surface area contributed by atoms with E-state index in [0.29, 0.717) is 30.6 Å². The maximum atomic E-state index is 10.6. The highest BCUT2D eigenvalue weighted by Crippen LogP contribution is 2.36. The molecule has 1 saturated heterocycles. The first-order chi connectivity index (χ1) is 10.2. The van der Waals surface area contributed by atoms with Crippen LogP contribution in [-0.4, -0.2) is 35.4 Å². The molecular weight excluding hydrogens is 270 g/mol. The highest BCUT2D eigenvalue weighted by Gasteiger charge is 2.38. The Hall–Kier alpha value is -0.980. The molecular formula is C15H25N3O3. The Kier molecular flexibility index (Phi) is 4.57. The number of nitrogens with zero attached hydrogens (tertiary/aromatic N) is 2. The van der Waals surface area contributed by atoms with Crippen molar-refractivity contribution in [3.8, 4) is 0 Å². The maximum Gasteiger partial charge on any atom is 0.260 e. The quantitative estimate of drug-likeness (QED) is 0.883. The Labute approximate surface area is 125 Å². The van der Waals surface area contributed by atoms with Gasteiger partial charge in [-0.1, -0.05) is 24.4 Å². The molecule has 2 atom stereocenters. The molecule has 0 aromatic carbocycles. The number of piperidine rings is 1. The van der Waals surface area contributed by atoms with Crippen molar-refractivity contribution in [1.82, 2.24) is 15.5 Å². The second kappa shape index (κ2) is 6.42. The molecule has 6 nitrogen and oxygen atoms in total. The van der Waals surface area contributed by atoms with E-state index in [9.17, 15) is 5.11 Å². The van der Waals surface area contributed by atoms with Crippen LogP contribution in [0.2, 0.25) is 0 Å². The van der Waals surface area contributed by atoms with Crippen molar-refractivity contribution in [3.63, 3.8) is 0 Å². The Morgan fingerprint density at radius 1 is 1.33 bits per heavy atom. The fraction of sp³-hybridized carbons (Fsp3) is 0.867. The van der Waals surface area contributed by atoms with Crippen LogP contribution in [0.15, 0.2) is 4.52 Å². The molecule has 1 aliphatic heterocycles. The van der Waals surface area contributed by atoms with Gasteiger partial charge in [-0.2, -0.15) is 4.98 Å². The molecule has 0 spiro atoms. The number of rotatable bonds is 4. The number of hydrogen-bond donors (Lipinski definition) is 2. The van der Waals surface area contributed by atoms with Crippen molar-refractivity contribution in [1.29, 1.82) is 0 Å². The third-order valence-electron chi connectivity index (χ3n) is 4.79. The first-order valence-electron chi connectivity index (χ1n) is 8.03. The lowest BCUT2D eigenvalue weighted by atomic mass is 9.85. The molecule has 1 aromatic rings. The number of nitrogens with one attached hydrogen (secondary N) is 1. The molecule has 2 unspecified atom stereocenters. The van der Waals surface area contributed by atoms with E-state index in [2.05, 4.69) is 15.5 Å². The second-order valence-electron chi connectivity index (χ2n) is 6.32. The summed E-state index contributed by atoms with van der Waals surface area (Å²) in [5.41, 5.74) is -1.03. The number of β-amino-alcohol motifs (C(OH)–C–C–N with tert-alkyl or cyclic N) is 1. The minimum Gasteiger partial charge on any atom is -0.379 e. The van der Waals surface area contributed by atoms with E-state index in [1.807, 2.05) is 0 Å². The van der Waals surface area contributed by atoms with E-state index in [1.54, 1.807) is 7.11 Å². The normalized spacial score (nSPS) is 29.4. The summed E-state index contributed by atoms with van der Waals surface area (Å²) in [6, 6.07) is 0. The summed E-state index contributed by atoms with van der Waals surface area (Å²) in [5, 5.41) is 17.9.